The summed E-state index contributed by atoms with van der Waals surface area (Å²) in [5.74, 6) is -0.611. The summed E-state index contributed by atoms with van der Waals surface area (Å²) in [6.45, 7) is 4.59. The Morgan fingerprint density at radius 1 is 1.06 bits per heavy atom. The summed E-state index contributed by atoms with van der Waals surface area (Å²) in [5.41, 5.74) is 0.809. The third-order valence-corrected chi connectivity index (χ3v) is 7.10. The van der Waals surface area contributed by atoms with Crippen LogP contribution in [0.4, 0.5) is 18.9 Å². The van der Waals surface area contributed by atoms with Gasteiger partial charge in [-0.15, -0.1) is 0 Å². The fraction of sp³-hybridized carbons (Fsp3) is 0.458. The van der Waals surface area contributed by atoms with Crippen LogP contribution in [0, 0.1) is 0 Å². The number of carbonyl (C=O) groups is 1. The van der Waals surface area contributed by atoms with E-state index in [0.29, 0.717) is 4.31 Å². The van der Waals surface area contributed by atoms with Crippen LogP contribution >= 0.6 is 0 Å². The second kappa shape index (κ2) is 10.8. The molecule has 6 nitrogen and oxygen atoms in total. The Hall–Kier alpha value is -2.59. The number of benzene rings is 2. The molecule has 1 aliphatic rings. The molecule has 1 N–H and O–H groups in total. The molecule has 34 heavy (non-hydrogen) atoms. The second-order valence-electron chi connectivity index (χ2n) is 8.65. The number of halogens is 3. The van der Waals surface area contributed by atoms with Gasteiger partial charge in [-0.2, -0.15) is 13.2 Å². The molecule has 0 aromatic heterocycles. The number of hydrogen-bond acceptors (Lipinski definition) is 4. The number of nitrogens with zero attached hydrogens (tertiary/aromatic N) is 2. The Balaban J connectivity index is 1.66. The first kappa shape index (κ1) is 26.0. The van der Waals surface area contributed by atoms with Crippen molar-refractivity contribution in [3.63, 3.8) is 0 Å². The zero-order valence-electron chi connectivity index (χ0n) is 19.3. The van der Waals surface area contributed by atoms with Gasteiger partial charge in [0.05, 0.1) is 17.5 Å². The number of anilines is 1. The highest BCUT2D eigenvalue weighted by molar-refractivity contribution is 7.92. The van der Waals surface area contributed by atoms with E-state index in [0.717, 1.165) is 49.7 Å². The van der Waals surface area contributed by atoms with Crippen molar-refractivity contribution in [1.29, 1.82) is 0 Å². The smallest absolute Gasteiger partial charge is 0.350 e. The largest absolute Gasteiger partial charge is 0.416 e. The number of carbonyl (C=O) groups excluding carboxylic acids is 1. The lowest BCUT2D eigenvalue weighted by Gasteiger charge is -2.28. The lowest BCUT2D eigenvalue weighted by atomic mass is 10.1. The molecule has 10 heteroatoms. The van der Waals surface area contributed by atoms with E-state index in [2.05, 4.69) is 10.2 Å². The van der Waals surface area contributed by atoms with Gasteiger partial charge in [0.25, 0.3) is 0 Å². The molecule has 0 bridgehead atoms. The first-order valence-corrected chi connectivity index (χ1v) is 13.0. The van der Waals surface area contributed by atoms with Crippen molar-refractivity contribution < 1.29 is 26.4 Å². The van der Waals surface area contributed by atoms with Crippen molar-refractivity contribution in [3.8, 4) is 0 Å². The quantitative estimate of drug-likeness (QED) is 0.595. The molecule has 0 spiro atoms. The predicted octanol–water partition coefficient (Wildman–Crippen LogP) is 4.16. The van der Waals surface area contributed by atoms with Gasteiger partial charge < -0.3 is 5.32 Å². The zero-order chi connectivity index (χ0) is 24.9. The van der Waals surface area contributed by atoms with Crippen LogP contribution in [0.2, 0.25) is 0 Å². The molecule has 1 heterocycles. The van der Waals surface area contributed by atoms with E-state index in [9.17, 15) is 26.4 Å². The molecule has 1 amide bonds. The van der Waals surface area contributed by atoms with Gasteiger partial charge in [0.1, 0.15) is 6.04 Å². The maximum Gasteiger partial charge on any atom is 0.416 e. The van der Waals surface area contributed by atoms with E-state index in [1.54, 1.807) is 0 Å². The molecule has 0 radical (unpaired) electrons. The molecule has 186 valence electrons. The van der Waals surface area contributed by atoms with E-state index in [4.69, 9.17) is 0 Å². The SMILES string of the molecule is C[C@@H](C(=O)NCc1ccc(CN2CCCCC2)cc1)N(c1cccc(C(F)(F)F)c1)S(C)(=O)=O. The maximum absolute atomic E-state index is 13.1. The van der Waals surface area contributed by atoms with E-state index in [1.807, 2.05) is 24.3 Å². The Kier molecular flexibility index (Phi) is 8.25. The molecule has 2 aromatic carbocycles. The van der Waals surface area contributed by atoms with Crippen molar-refractivity contribution in [1.82, 2.24) is 10.2 Å². The third-order valence-electron chi connectivity index (χ3n) is 5.86. The van der Waals surface area contributed by atoms with Gasteiger partial charge >= 0.3 is 6.18 Å². The van der Waals surface area contributed by atoms with Crippen LogP contribution in [0.25, 0.3) is 0 Å². The lowest BCUT2D eigenvalue weighted by Crippen LogP contribution is -2.47. The molecule has 0 aliphatic carbocycles. The monoisotopic (exact) mass is 497 g/mol. The molecule has 1 saturated heterocycles. The van der Waals surface area contributed by atoms with Crippen LogP contribution in [0.3, 0.4) is 0 Å². The van der Waals surface area contributed by atoms with Crippen LogP contribution in [-0.2, 0) is 34.1 Å². The number of sulfonamides is 1. The Morgan fingerprint density at radius 2 is 1.68 bits per heavy atom. The minimum absolute atomic E-state index is 0.174. The van der Waals surface area contributed by atoms with E-state index >= 15 is 0 Å². The highest BCUT2D eigenvalue weighted by Crippen LogP contribution is 2.32. The number of amides is 1. The lowest BCUT2D eigenvalue weighted by molar-refractivity contribution is -0.137. The van der Waals surface area contributed by atoms with Gasteiger partial charge in [-0.1, -0.05) is 36.8 Å². The summed E-state index contributed by atoms with van der Waals surface area (Å²) in [6.07, 6.45) is -0.0678. The van der Waals surface area contributed by atoms with E-state index in [-0.39, 0.29) is 12.2 Å². The topological polar surface area (TPSA) is 69.7 Å². The highest BCUT2D eigenvalue weighted by Gasteiger charge is 2.34. The van der Waals surface area contributed by atoms with Crippen molar-refractivity contribution in [2.75, 3.05) is 23.7 Å². The molecule has 1 fully saturated rings. The Labute approximate surface area is 198 Å². The normalized spacial score (nSPS) is 16.1. The van der Waals surface area contributed by atoms with Gasteiger partial charge in [0.15, 0.2) is 0 Å². The summed E-state index contributed by atoms with van der Waals surface area (Å²) >= 11 is 0. The van der Waals surface area contributed by atoms with Crippen LogP contribution in [0.5, 0.6) is 0 Å². The van der Waals surface area contributed by atoms with E-state index < -0.39 is 33.7 Å². The Bertz CT molecular complexity index is 1080. The number of piperidine rings is 1. The first-order valence-electron chi connectivity index (χ1n) is 11.2. The van der Waals surface area contributed by atoms with Crippen LogP contribution in [0.15, 0.2) is 48.5 Å². The minimum atomic E-state index is -4.63. The fourth-order valence-corrected chi connectivity index (χ4v) is 5.27. The van der Waals surface area contributed by atoms with Crippen molar-refractivity contribution in [2.24, 2.45) is 0 Å². The molecule has 0 unspecified atom stereocenters. The van der Waals surface area contributed by atoms with Crippen LogP contribution in [0.1, 0.15) is 42.9 Å². The van der Waals surface area contributed by atoms with E-state index in [1.165, 1.54) is 37.8 Å². The minimum Gasteiger partial charge on any atom is -0.350 e. The molecular formula is C24H30F3N3O3S. The second-order valence-corrected chi connectivity index (χ2v) is 10.5. The third kappa shape index (κ3) is 6.96. The molecule has 0 saturated carbocycles. The van der Waals surface area contributed by atoms with Gasteiger partial charge in [0, 0.05) is 13.1 Å². The van der Waals surface area contributed by atoms with Gasteiger partial charge in [-0.25, -0.2) is 8.42 Å². The number of rotatable bonds is 8. The predicted molar refractivity (Wildman–Crippen MR) is 126 cm³/mol. The Morgan fingerprint density at radius 3 is 2.26 bits per heavy atom. The van der Waals surface area contributed by atoms with Gasteiger partial charge in [-0.3, -0.25) is 14.0 Å². The summed E-state index contributed by atoms with van der Waals surface area (Å²) < 4.78 is 64.8. The van der Waals surface area contributed by atoms with Crippen molar-refractivity contribution in [2.45, 2.75) is 51.5 Å². The zero-order valence-corrected chi connectivity index (χ0v) is 20.1. The maximum atomic E-state index is 13.1. The average molecular weight is 498 g/mol. The van der Waals surface area contributed by atoms with Crippen LogP contribution < -0.4 is 9.62 Å². The number of nitrogens with one attached hydrogen (secondary N) is 1. The van der Waals surface area contributed by atoms with Gasteiger partial charge in [-0.05, 0) is 62.2 Å². The van der Waals surface area contributed by atoms with Crippen LogP contribution in [-0.4, -0.2) is 44.6 Å². The van der Waals surface area contributed by atoms with Crippen molar-refractivity contribution >= 4 is 21.6 Å². The molecule has 1 aliphatic heterocycles. The van der Waals surface area contributed by atoms with Crippen molar-refractivity contribution in [3.05, 3.63) is 65.2 Å². The highest BCUT2D eigenvalue weighted by atomic mass is 32.2. The molecular weight excluding hydrogens is 467 g/mol. The molecule has 1 atom stereocenters. The number of likely N-dealkylation sites (tertiary alicyclic amines) is 1. The average Bonchev–Trinajstić information content (AvgIpc) is 2.78. The number of alkyl halides is 3. The summed E-state index contributed by atoms with van der Waals surface area (Å²) in [6, 6.07) is 10.5. The summed E-state index contributed by atoms with van der Waals surface area (Å²) in [5, 5.41) is 2.69. The first-order chi connectivity index (χ1) is 15.9. The fourth-order valence-electron chi connectivity index (χ4n) is 4.10. The summed E-state index contributed by atoms with van der Waals surface area (Å²) in [4.78, 5) is 15.2. The number of hydrogen-bond donors (Lipinski definition) is 1. The summed E-state index contributed by atoms with van der Waals surface area (Å²) in [7, 11) is -4.03. The molecule has 2 aromatic rings. The standard InChI is InChI=1S/C24H30F3N3O3S/c1-18(30(34(2,32)33)22-8-6-7-21(15-22)24(25,26)27)23(31)28-16-19-9-11-20(12-10-19)17-29-13-4-3-5-14-29/h6-12,15,18H,3-5,13-14,16-17H2,1-2H3,(H,28,31)/t18-/m0/s1. The van der Waals surface area contributed by atoms with Gasteiger partial charge in [0.2, 0.25) is 15.9 Å². The molecule has 3 rings (SSSR count).